The molecular weight excluding hydrogens is 277 g/mol. The first-order valence-corrected chi connectivity index (χ1v) is 6.61. The summed E-state index contributed by atoms with van der Waals surface area (Å²) >= 11 is 0. The van der Waals surface area contributed by atoms with E-state index in [9.17, 15) is 13.2 Å². The van der Waals surface area contributed by atoms with Gasteiger partial charge in [0.1, 0.15) is 0 Å². The van der Waals surface area contributed by atoms with Gasteiger partial charge in [-0.15, -0.1) is 0 Å². The van der Waals surface area contributed by atoms with Crippen molar-refractivity contribution in [3.63, 3.8) is 0 Å². The Kier molecular flexibility index (Phi) is 4.11. The number of alkyl halides is 3. The molecule has 0 radical (unpaired) electrons. The molecule has 0 aliphatic rings. The summed E-state index contributed by atoms with van der Waals surface area (Å²) in [4.78, 5) is 0. The number of halogens is 3. The largest absolute Gasteiger partial charge is 0.418 e. The Bertz CT molecular complexity index is 634. The highest BCUT2D eigenvalue weighted by molar-refractivity contribution is 5.67. The molecule has 21 heavy (non-hydrogen) atoms. The lowest BCUT2D eigenvalue weighted by atomic mass is 10.0. The monoisotopic (exact) mass is 294 g/mol. The number of hydrogen-bond donors (Lipinski definition) is 2. The quantitative estimate of drug-likeness (QED) is 0.768. The zero-order chi connectivity index (χ0) is 15.6. The summed E-state index contributed by atoms with van der Waals surface area (Å²) in [6.45, 7) is 4.06. The molecule has 0 aromatic heterocycles. The van der Waals surface area contributed by atoms with E-state index in [0.29, 0.717) is 5.69 Å². The van der Waals surface area contributed by atoms with E-state index in [2.05, 4.69) is 5.32 Å². The number of nitrogens with one attached hydrogen (secondary N) is 1. The van der Waals surface area contributed by atoms with Crippen LogP contribution < -0.4 is 11.1 Å². The third-order valence-electron chi connectivity index (χ3n) is 3.22. The molecule has 0 amide bonds. The van der Waals surface area contributed by atoms with Crippen LogP contribution in [0.3, 0.4) is 0 Å². The SMILES string of the molecule is CC(C)c1ccccc1Nc1ccc(N)c(C(F)(F)F)c1. The highest BCUT2D eigenvalue weighted by Gasteiger charge is 2.33. The number of anilines is 3. The van der Waals surface area contributed by atoms with Crippen LogP contribution in [0.2, 0.25) is 0 Å². The van der Waals surface area contributed by atoms with E-state index in [4.69, 9.17) is 5.73 Å². The molecule has 2 aromatic carbocycles. The van der Waals surface area contributed by atoms with Crippen molar-refractivity contribution < 1.29 is 13.2 Å². The van der Waals surface area contributed by atoms with E-state index in [1.54, 1.807) is 6.07 Å². The molecule has 0 atom stereocenters. The van der Waals surface area contributed by atoms with E-state index in [1.807, 2.05) is 38.1 Å². The number of para-hydroxylation sites is 1. The highest BCUT2D eigenvalue weighted by atomic mass is 19.4. The maximum atomic E-state index is 12.9. The van der Waals surface area contributed by atoms with Crippen LogP contribution in [0.5, 0.6) is 0 Å². The van der Waals surface area contributed by atoms with Crippen molar-refractivity contribution in [2.24, 2.45) is 0 Å². The minimum absolute atomic E-state index is 0.268. The average molecular weight is 294 g/mol. The summed E-state index contributed by atoms with van der Waals surface area (Å²) in [5.41, 5.74) is 6.51. The normalized spacial score (nSPS) is 11.7. The first kappa shape index (κ1) is 15.2. The molecule has 0 heterocycles. The number of rotatable bonds is 3. The molecule has 0 unspecified atom stereocenters. The summed E-state index contributed by atoms with van der Waals surface area (Å²) in [7, 11) is 0. The van der Waals surface area contributed by atoms with Crippen molar-refractivity contribution in [1.82, 2.24) is 0 Å². The van der Waals surface area contributed by atoms with Gasteiger partial charge in [-0.3, -0.25) is 0 Å². The lowest BCUT2D eigenvalue weighted by Gasteiger charge is -2.16. The highest BCUT2D eigenvalue weighted by Crippen LogP contribution is 2.36. The Morgan fingerprint density at radius 1 is 1.05 bits per heavy atom. The van der Waals surface area contributed by atoms with Crippen molar-refractivity contribution >= 4 is 17.1 Å². The second kappa shape index (κ2) is 5.68. The molecule has 0 saturated carbocycles. The summed E-state index contributed by atoms with van der Waals surface area (Å²) in [5.74, 6) is 0.268. The zero-order valence-corrected chi connectivity index (χ0v) is 11.8. The van der Waals surface area contributed by atoms with Crippen molar-refractivity contribution in [1.29, 1.82) is 0 Å². The van der Waals surface area contributed by atoms with Crippen molar-refractivity contribution in [2.45, 2.75) is 25.9 Å². The van der Waals surface area contributed by atoms with Gasteiger partial charge in [-0.1, -0.05) is 32.0 Å². The number of nitrogen functional groups attached to an aromatic ring is 1. The molecule has 2 rings (SSSR count). The number of hydrogen-bond acceptors (Lipinski definition) is 2. The Hall–Kier alpha value is -2.17. The fourth-order valence-electron chi connectivity index (χ4n) is 2.15. The van der Waals surface area contributed by atoms with Gasteiger partial charge in [-0.25, -0.2) is 0 Å². The molecule has 2 nitrogen and oxygen atoms in total. The molecule has 112 valence electrons. The van der Waals surface area contributed by atoms with Gasteiger partial charge >= 0.3 is 6.18 Å². The van der Waals surface area contributed by atoms with Crippen molar-refractivity contribution in [3.05, 3.63) is 53.6 Å². The topological polar surface area (TPSA) is 38.0 Å². The van der Waals surface area contributed by atoms with E-state index < -0.39 is 11.7 Å². The fraction of sp³-hybridized carbons (Fsp3) is 0.250. The van der Waals surface area contributed by atoms with Crippen molar-refractivity contribution in [2.75, 3.05) is 11.1 Å². The Morgan fingerprint density at radius 2 is 1.71 bits per heavy atom. The minimum Gasteiger partial charge on any atom is -0.398 e. The van der Waals surface area contributed by atoms with E-state index >= 15 is 0 Å². The number of nitrogens with two attached hydrogens (primary N) is 1. The molecule has 3 N–H and O–H groups in total. The van der Waals surface area contributed by atoms with Gasteiger partial charge < -0.3 is 11.1 Å². The van der Waals surface area contributed by atoms with Gasteiger partial charge in [0.2, 0.25) is 0 Å². The van der Waals surface area contributed by atoms with E-state index in [1.165, 1.54) is 6.07 Å². The summed E-state index contributed by atoms with van der Waals surface area (Å²) in [6, 6.07) is 11.4. The van der Waals surface area contributed by atoms with Crippen LogP contribution in [0.4, 0.5) is 30.2 Å². The van der Waals surface area contributed by atoms with Crippen LogP contribution in [-0.2, 0) is 6.18 Å². The van der Waals surface area contributed by atoms with E-state index in [0.717, 1.165) is 17.3 Å². The molecule has 2 aromatic rings. The average Bonchev–Trinajstić information content (AvgIpc) is 2.40. The standard InChI is InChI=1S/C16H17F3N2/c1-10(2)12-5-3-4-6-15(12)21-11-7-8-14(20)13(9-11)16(17,18)19/h3-10,21H,20H2,1-2H3. The molecule has 0 saturated heterocycles. The smallest absolute Gasteiger partial charge is 0.398 e. The summed E-state index contributed by atoms with van der Waals surface area (Å²) < 4.78 is 38.6. The zero-order valence-electron chi connectivity index (χ0n) is 11.8. The Balaban J connectivity index is 2.37. The minimum atomic E-state index is -4.46. The third-order valence-corrected chi connectivity index (χ3v) is 3.22. The van der Waals surface area contributed by atoms with Crippen LogP contribution in [-0.4, -0.2) is 0 Å². The molecule has 5 heteroatoms. The fourth-order valence-corrected chi connectivity index (χ4v) is 2.15. The van der Waals surface area contributed by atoms with Gasteiger partial charge in [0.05, 0.1) is 5.56 Å². The predicted octanol–water partition coefficient (Wildman–Crippen LogP) is 5.15. The lowest BCUT2D eigenvalue weighted by molar-refractivity contribution is -0.136. The second-order valence-corrected chi connectivity index (χ2v) is 5.17. The van der Waals surface area contributed by atoms with Gasteiger partial charge in [-0.05, 0) is 35.7 Å². The summed E-state index contributed by atoms with van der Waals surface area (Å²) in [5, 5.41) is 3.04. The van der Waals surface area contributed by atoms with Crippen molar-refractivity contribution in [3.8, 4) is 0 Å². The van der Waals surface area contributed by atoms with Crippen LogP contribution in [0.1, 0.15) is 30.9 Å². The first-order valence-electron chi connectivity index (χ1n) is 6.61. The van der Waals surface area contributed by atoms with Gasteiger partial charge in [-0.2, -0.15) is 13.2 Å². The maximum absolute atomic E-state index is 12.9. The van der Waals surface area contributed by atoms with Gasteiger partial charge in [0, 0.05) is 17.1 Å². The van der Waals surface area contributed by atoms with Gasteiger partial charge in [0.15, 0.2) is 0 Å². The molecule has 0 aliphatic carbocycles. The van der Waals surface area contributed by atoms with Crippen LogP contribution in [0, 0.1) is 0 Å². The van der Waals surface area contributed by atoms with Gasteiger partial charge in [0.25, 0.3) is 0 Å². The summed E-state index contributed by atoms with van der Waals surface area (Å²) in [6.07, 6.45) is -4.46. The van der Waals surface area contributed by atoms with E-state index in [-0.39, 0.29) is 11.6 Å². The second-order valence-electron chi connectivity index (χ2n) is 5.17. The molecular formula is C16H17F3N2. The molecule has 0 bridgehead atoms. The Labute approximate surface area is 121 Å². The van der Waals surface area contributed by atoms with Crippen LogP contribution in [0.25, 0.3) is 0 Å². The predicted molar refractivity (Wildman–Crippen MR) is 79.7 cm³/mol. The molecule has 0 fully saturated rings. The number of benzene rings is 2. The van der Waals surface area contributed by atoms with Crippen LogP contribution in [0.15, 0.2) is 42.5 Å². The maximum Gasteiger partial charge on any atom is 0.418 e. The molecule has 0 spiro atoms. The molecule has 0 aliphatic heterocycles. The van der Waals surface area contributed by atoms with Crippen LogP contribution >= 0.6 is 0 Å². The third kappa shape index (κ3) is 3.48. The first-order chi connectivity index (χ1) is 9.79. The Morgan fingerprint density at radius 3 is 2.33 bits per heavy atom. The lowest BCUT2D eigenvalue weighted by Crippen LogP contribution is -2.09.